The molecule has 92 valence electrons. The summed E-state index contributed by atoms with van der Waals surface area (Å²) >= 11 is 0. The zero-order chi connectivity index (χ0) is 11.4. The van der Waals surface area contributed by atoms with Gasteiger partial charge in [0.15, 0.2) is 0 Å². The third-order valence-electron chi connectivity index (χ3n) is 3.21. The first kappa shape index (κ1) is 11.8. The number of nitrogens with one attached hydrogen (secondary N) is 1. The number of ether oxygens (including phenoxy) is 1. The van der Waals surface area contributed by atoms with Gasteiger partial charge in [-0.1, -0.05) is 0 Å². The normalized spacial score (nSPS) is 28.2. The molecule has 1 N–H and O–H groups in total. The van der Waals surface area contributed by atoms with Crippen LogP contribution in [0, 0.1) is 0 Å². The van der Waals surface area contributed by atoms with Crippen molar-refractivity contribution in [2.75, 3.05) is 46.4 Å². The molecule has 0 aromatic carbocycles. The van der Waals surface area contributed by atoms with Crippen LogP contribution in [0.3, 0.4) is 0 Å². The Kier molecular flexibility index (Phi) is 4.15. The van der Waals surface area contributed by atoms with Crippen LogP contribution in [0.4, 0.5) is 0 Å². The highest BCUT2D eigenvalue weighted by Crippen LogP contribution is 2.08. The molecule has 0 spiro atoms. The fourth-order valence-corrected chi connectivity index (χ4v) is 2.13. The summed E-state index contributed by atoms with van der Waals surface area (Å²) in [5.41, 5.74) is 0. The van der Waals surface area contributed by atoms with Crippen molar-refractivity contribution in [1.29, 1.82) is 0 Å². The van der Waals surface area contributed by atoms with Crippen LogP contribution in [0.2, 0.25) is 0 Å². The first-order chi connectivity index (χ1) is 7.74. The molecule has 2 fully saturated rings. The van der Waals surface area contributed by atoms with E-state index in [-0.39, 0.29) is 12.1 Å². The molecule has 5 nitrogen and oxygen atoms in total. The number of piperazine rings is 1. The van der Waals surface area contributed by atoms with Crippen molar-refractivity contribution in [3.05, 3.63) is 0 Å². The van der Waals surface area contributed by atoms with Gasteiger partial charge in [-0.25, -0.2) is 0 Å². The average Bonchev–Trinajstić information content (AvgIpc) is 2.74. The third kappa shape index (κ3) is 3.43. The molecule has 1 atom stereocenters. The van der Waals surface area contributed by atoms with Crippen molar-refractivity contribution >= 4 is 5.91 Å². The second-order valence-corrected chi connectivity index (χ2v) is 4.65. The molecule has 0 bridgehead atoms. The Balaban J connectivity index is 1.66. The van der Waals surface area contributed by atoms with Crippen LogP contribution in [0.1, 0.15) is 12.8 Å². The smallest absolute Gasteiger partial charge is 0.236 e. The number of amides is 1. The summed E-state index contributed by atoms with van der Waals surface area (Å²) in [6.07, 6.45) is 1.97. The summed E-state index contributed by atoms with van der Waals surface area (Å²) in [6.45, 7) is 5.35. The molecule has 0 aromatic rings. The van der Waals surface area contributed by atoms with E-state index < -0.39 is 0 Å². The summed E-state index contributed by atoms with van der Waals surface area (Å²) in [5.74, 6) is 0.0939. The predicted molar refractivity (Wildman–Crippen MR) is 61.1 cm³/mol. The van der Waals surface area contributed by atoms with E-state index >= 15 is 0 Å². The molecule has 0 aromatic heterocycles. The number of carbonyl (C=O) groups excluding carboxylic acids is 1. The number of rotatable bonds is 3. The molecule has 1 amide bonds. The Labute approximate surface area is 96.7 Å². The second kappa shape index (κ2) is 5.61. The maximum absolute atomic E-state index is 11.7. The van der Waals surface area contributed by atoms with Crippen LogP contribution < -0.4 is 5.32 Å². The van der Waals surface area contributed by atoms with E-state index in [0.717, 1.165) is 45.6 Å². The molecule has 0 radical (unpaired) electrons. The van der Waals surface area contributed by atoms with Gasteiger partial charge >= 0.3 is 0 Å². The van der Waals surface area contributed by atoms with Gasteiger partial charge in [0, 0.05) is 32.8 Å². The Morgan fingerprint density at radius 2 is 2.12 bits per heavy atom. The van der Waals surface area contributed by atoms with E-state index in [1.807, 2.05) is 0 Å². The summed E-state index contributed by atoms with van der Waals surface area (Å²) < 4.78 is 5.37. The van der Waals surface area contributed by atoms with Crippen LogP contribution in [-0.2, 0) is 9.53 Å². The summed E-state index contributed by atoms with van der Waals surface area (Å²) in [4.78, 5) is 16.2. The molecule has 2 aliphatic heterocycles. The van der Waals surface area contributed by atoms with Gasteiger partial charge in [0.05, 0.1) is 6.54 Å². The minimum absolute atomic E-state index is 0.0417. The third-order valence-corrected chi connectivity index (χ3v) is 3.21. The lowest BCUT2D eigenvalue weighted by Crippen LogP contribution is -2.49. The molecular weight excluding hydrogens is 206 g/mol. The predicted octanol–water partition coefficient (Wildman–Crippen LogP) is -0.513. The van der Waals surface area contributed by atoms with Gasteiger partial charge in [-0.15, -0.1) is 0 Å². The lowest BCUT2D eigenvalue weighted by molar-refractivity contribution is -0.125. The maximum atomic E-state index is 11.7. The molecule has 5 heteroatoms. The first-order valence-corrected chi connectivity index (χ1v) is 6.06. The van der Waals surface area contributed by atoms with E-state index in [9.17, 15) is 4.79 Å². The molecule has 2 heterocycles. The van der Waals surface area contributed by atoms with E-state index in [4.69, 9.17) is 4.74 Å². The van der Waals surface area contributed by atoms with Crippen molar-refractivity contribution in [2.45, 2.75) is 19.1 Å². The molecule has 0 aliphatic carbocycles. The van der Waals surface area contributed by atoms with Crippen molar-refractivity contribution < 1.29 is 9.53 Å². The number of carbonyl (C=O) groups is 1. The van der Waals surface area contributed by atoms with Crippen molar-refractivity contribution in [3.63, 3.8) is 0 Å². The zero-order valence-corrected chi connectivity index (χ0v) is 9.95. The van der Waals surface area contributed by atoms with Crippen LogP contribution in [0.15, 0.2) is 0 Å². The van der Waals surface area contributed by atoms with Crippen LogP contribution >= 0.6 is 0 Å². The van der Waals surface area contributed by atoms with Crippen LogP contribution in [0.5, 0.6) is 0 Å². The van der Waals surface area contributed by atoms with E-state index in [2.05, 4.69) is 22.2 Å². The van der Waals surface area contributed by atoms with Crippen molar-refractivity contribution in [3.8, 4) is 0 Å². The molecule has 0 saturated carbocycles. The molecule has 16 heavy (non-hydrogen) atoms. The molecule has 1 unspecified atom stereocenters. The van der Waals surface area contributed by atoms with E-state index in [1.165, 1.54) is 0 Å². The summed E-state index contributed by atoms with van der Waals surface area (Å²) in [6, 6.07) is 0. The topological polar surface area (TPSA) is 44.8 Å². The Hall–Kier alpha value is -0.650. The first-order valence-electron chi connectivity index (χ1n) is 6.06. The molecule has 2 saturated heterocycles. The highest BCUT2D eigenvalue weighted by atomic mass is 16.5. The van der Waals surface area contributed by atoms with E-state index in [0.29, 0.717) is 6.54 Å². The zero-order valence-electron chi connectivity index (χ0n) is 9.95. The largest absolute Gasteiger partial charge is 0.359 e. The van der Waals surface area contributed by atoms with Crippen LogP contribution in [0.25, 0.3) is 0 Å². The van der Waals surface area contributed by atoms with E-state index in [1.54, 1.807) is 0 Å². The van der Waals surface area contributed by atoms with Gasteiger partial charge in [-0.2, -0.15) is 0 Å². The lowest BCUT2D eigenvalue weighted by atomic mass is 10.3. The Morgan fingerprint density at radius 1 is 1.38 bits per heavy atom. The number of hydrogen-bond donors (Lipinski definition) is 1. The Bertz CT molecular complexity index is 233. The van der Waals surface area contributed by atoms with Crippen molar-refractivity contribution in [2.24, 2.45) is 0 Å². The minimum atomic E-state index is -0.0417. The second-order valence-electron chi connectivity index (χ2n) is 4.65. The highest BCUT2D eigenvalue weighted by Gasteiger charge is 2.20. The van der Waals surface area contributed by atoms with Gasteiger partial charge in [0.25, 0.3) is 0 Å². The molecule has 2 rings (SSSR count). The quantitative estimate of drug-likeness (QED) is 0.705. The monoisotopic (exact) mass is 227 g/mol. The molecular formula is C11H21N3O2. The van der Waals surface area contributed by atoms with Gasteiger partial charge in [0.1, 0.15) is 6.23 Å². The minimum Gasteiger partial charge on any atom is -0.359 e. The number of hydrogen-bond acceptors (Lipinski definition) is 4. The van der Waals surface area contributed by atoms with Gasteiger partial charge in [0.2, 0.25) is 5.91 Å². The maximum Gasteiger partial charge on any atom is 0.236 e. The van der Waals surface area contributed by atoms with Gasteiger partial charge in [-0.3, -0.25) is 9.69 Å². The number of likely N-dealkylation sites (N-methyl/N-ethyl adjacent to an activating group) is 1. The number of nitrogens with zero attached hydrogens (tertiary/aromatic N) is 2. The molecule has 2 aliphatic rings. The summed E-state index contributed by atoms with van der Waals surface area (Å²) in [5, 5.41) is 2.92. The highest BCUT2D eigenvalue weighted by molar-refractivity contribution is 5.78. The fraction of sp³-hybridized carbons (Fsp3) is 0.909. The average molecular weight is 227 g/mol. The van der Waals surface area contributed by atoms with Crippen molar-refractivity contribution in [1.82, 2.24) is 15.1 Å². The Morgan fingerprint density at radius 3 is 2.75 bits per heavy atom. The summed E-state index contributed by atoms with van der Waals surface area (Å²) in [7, 11) is 2.11. The lowest BCUT2D eigenvalue weighted by Gasteiger charge is -2.31. The standard InChI is InChI=1S/C11H21N3O2/c1-13-4-6-14(7-5-13)9-10(15)12-11-3-2-8-16-11/h11H,2-9H2,1H3,(H,12,15). The van der Waals surface area contributed by atoms with Gasteiger partial charge in [-0.05, 0) is 19.9 Å². The van der Waals surface area contributed by atoms with Gasteiger partial charge < -0.3 is 15.0 Å². The SMILES string of the molecule is CN1CCN(CC(=O)NC2CCCO2)CC1. The van der Waals surface area contributed by atoms with Crippen LogP contribution in [-0.4, -0.2) is 68.3 Å². The fourth-order valence-electron chi connectivity index (χ4n) is 2.13.